The number of unbranched alkanes of at least 4 members (excludes halogenated alkanes) is 4. The van der Waals surface area contributed by atoms with Gasteiger partial charge in [-0.05, 0) is 80.6 Å². The number of carbonyl (C=O) groups excluding carboxylic acids is 2. The van der Waals surface area contributed by atoms with Crippen LogP contribution in [0.2, 0.25) is 0 Å². The topological polar surface area (TPSA) is 120 Å². The normalized spacial score (nSPS) is 11.0. The highest BCUT2D eigenvalue weighted by atomic mass is 16.4. The lowest BCUT2D eigenvalue weighted by Crippen LogP contribution is -2.28. The molecule has 0 aliphatic carbocycles. The fourth-order valence-electron chi connectivity index (χ4n) is 5.18. The first kappa shape index (κ1) is 35.5. The van der Waals surface area contributed by atoms with Crippen LogP contribution in [0.15, 0.2) is 84.9 Å². The number of amides is 2. The average Bonchev–Trinajstić information content (AvgIpc) is 3.07. The van der Waals surface area contributed by atoms with E-state index in [1.807, 2.05) is 0 Å². The maximum atomic E-state index is 12.1. The fraction of sp³-hybridized carbons (Fsp3) is 0.432. The Labute approximate surface area is 268 Å². The number of rotatable bonds is 23. The summed E-state index contributed by atoms with van der Waals surface area (Å²) in [6.07, 6.45) is 7.57. The third-order valence-corrected chi connectivity index (χ3v) is 7.81. The Kier molecular flexibility index (Phi) is 17.1. The lowest BCUT2D eigenvalue weighted by molar-refractivity contribution is -0.122. The molecule has 0 fully saturated rings. The molecule has 0 aliphatic rings. The number of benzene rings is 3. The molecule has 0 aliphatic heterocycles. The van der Waals surface area contributed by atoms with Crippen molar-refractivity contribution in [3.05, 3.63) is 107 Å². The van der Waals surface area contributed by atoms with Crippen LogP contribution < -0.4 is 21.3 Å². The Balaban J connectivity index is 1.09. The van der Waals surface area contributed by atoms with Crippen molar-refractivity contribution < 1.29 is 19.5 Å². The van der Waals surface area contributed by atoms with Crippen LogP contribution in [0.25, 0.3) is 0 Å². The standard InChI is InChI=1S/C37H50N4O4/c42-35(18-9-1-2-10-19-36(43)41-28-30-20-22-33(23-21-30)37(44)45)40-27-13-26-38-24-11-12-25-39-29-34(31-14-5-3-6-15-31)32-16-7-4-8-17-32/h3-8,14-17,20-23,34,38-39H,1-2,9-13,18-19,24-29H2,(H,40,42)(H,41,43)(H,44,45). The third kappa shape index (κ3) is 15.0. The van der Waals surface area contributed by atoms with Crippen molar-refractivity contribution in [3.63, 3.8) is 0 Å². The smallest absolute Gasteiger partial charge is 0.335 e. The van der Waals surface area contributed by atoms with Gasteiger partial charge >= 0.3 is 5.97 Å². The molecular formula is C37H50N4O4. The van der Waals surface area contributed by atoms with Gasteiger partial charge < -0.3 is 26.4 Å². The summed E-state index contributed by atoms with van der Waals surface area (Å²) in [5, 5.41) is 21.9. The average molecular weight is 615 g/mol. The second-order valence-electron chi connectivity index (χ2n) is 11.4. The number of hydrogen-bond donors (Lipinski definition) is 5. The van der Waals surface area contributed by atoms with Crippen LogP contribution in [0.4, 0.5) is 0 Å². The minimum absolute atomic E-state index is 0.0175. The van der Waals surface area contributed by atoms with E-state index in [4.69, 9.17) is 5.11 Å². The monoisotopic (exact) mass is 614 g/mol. The number of carboxylic acid groups (broad SMARTS) is 1. The first-order valence-corrected chi connectivity index (χ1v) is 16.4. The molecule has 8 heteroatoms. The second-order valence-corrected chi connectivity index (χ2v) is 11.4. The van der Waals surface area contributed by atoms with E-state index >= 15 is 0 Å². The van der Waals surface area contributed by atoms with E-state index < -0.39 is 5.97 Å². The maximum absolute atomic E-state index is 12.1. The minimum Gasteiger partial charge on any atom is -0.478 e. The molecule has 45 heavy (non-hydrogen) atoms. The highest BCUT2D eigenvalue weighted by molar-refractivity contribution is 5.87. The number of hydrogen-bond acceptors (Lipinski definition) is 5. The van der Waals surface area contributed by atoms with E-state index in [0.717, 1.165) is 76.7 Å². The summed E-state index contributed by atoms with van der Waals surface area (Å²) in [6.45, 7) is 4.87. The zero-order chi connectivity index (χ0) is 32.0. The van der Waals surface area contributed by atoms with E-state index in [0.29, 0.717) is 31.8 Å². The molecule has 0 spiro atoms. The number of aromatic carboxylic acids is 1. The van der Waals surface area contributed by atoms with Crippen molar-refractivity contribution >= 4 is 17.8 Å². The van der Waals surface area contributed by atoms with Crippen molar-refractivity contribution in [2.24, 2.45) is 0 Å². The molecule has 0 radical (unpaired) electrons. The van der Waals surface area contributed by atoms with Crippen LogP contribution in [-0.4, -0.2) is 55.6 Å². The molecule has 0 bridgehead atoms. The Morgan fingerprint density at radius 2 is 1.09 bits per heavy atom. The number of carbonyl (C=O) groups is 3. The van der Waals surface area contributed by atoms with Crippen LogP contribution in [-0.2, 0) is 16.1 Å². The summed E-state index contributed by atoms with van der Waals surface area (Å²) in [4.78, 5) is 35.0. The van der Waals surface area contributed by atoms with Gasteiger partial charge in [0, 0.05) is 38.4 Å². The first-order chi connectivity index (χ1) is 22.0. The summed E-state index contributed by atoms with van der Waals surface area (Å²) in [7, 11) is 0. The molecule has 2 amide bonds. The van der Waals surface area contributed by atoms with Crippen molar-refractivity contribution in [2.75, 3.05) is 32.7 Å². The third-order valence-electron chi connectivity index (χ3n) is 7.81. The Hall–Kier alpha value is -4.01. The predicted octanol–water partition coefficient (Wildman–Crippen LogP) is 5.64. The van der Waals surface area contributed by atoms with Gasteiger partial charge in [0.2, 0.25) is 11.8 Å². The Morgan fingerprint density at radius 1 is 0.556 bits per heavy atom. The summed E-state index contributed by atoms with van der Waals surface area (Å²) in [5.74, 6) is -0.535. The van der Waals surface area contributed by atoms with E-state index in [9.17, 15) is 14.4 Å². The van der Waals surface area contributed by atoms with Crippen LogP contribution in [0.3, 0.4) is 0 Å². The van der Waals surface area contributed by atoms with Crippen LogP contribution in [0.1, 0.15) is 90.8 Å². The number of nitrogens with one attached hydrogen (secondary N) is 4. The summed E-state index contributed by atoms with van der Waals surface area (Å²) in [5.41, 5.74) is 3.77. The molecule has 8 nitrogen and oxygen atoms in total. The van der Waals surface area contributed by atoms with Gasteiger partial charge in [-0.25, -0.2) is 4.79 Å². The molecule has 242 valence electrons. The second kappa shape index (κ2) is 21.7. The SMILES string of the molecule is O=C(CCCCCCC(=O)NCc1ccc(C(=O)O)cc1)NCCCNCCCCNCC(c1ccccc1)c1ccccc1. The number of carboxylic acids is 1. The van der Waals surface area contributed by atoms with Crippen LogP contribution in [0.5, 0.6) is 0 Å². The molecule has 5 N–H and O–H groups in total. The van der Waals surface area contributed by atoms with Crippen molar-refractivity contribution in [1.82, 2.24) is 21.3 Å². The predicted molar refractivity (Wildman–Crippen MR) is 180 cm³/mol. The van der Waals surface area contributed by atoms with Gasteiger partial charge in [0.25, 0.3) is 0 Å². The quantitative estimate of drug-likeness (QED) is 0.0883. The lowest BCUT2D eigenvalue weighted by Gasteiger charge is -2.19. The van der Waals surface area contributed by atoms with Crippen LogP contribution >= 0.6 is 0 Å². The Morgan fingerprint density at radius 3 is 1.67 bits per heavy atom. The van der Waals surface area contributed by atoms with Gasteiger partial charge in [0.1, 0.15) is 0 Å². The van der Waals surface area contributed by atoms with E-state index in [2.05, 4.69) is 81.9 Å². The van der Waals surface area contributed by atoms with E-state index in [1.165, 1.54) is 23.3 Å². The lowest BCUT2D eigenvalue weighted by atomic mass is 9.91. The van der Waals surface area contributed by atoms with Gasteiger partial charge in [-0.1, -0.05) is 85.6 Å². The van der Waals surface area contributed by atoms with Gasteiger partial charge in [0.05, 0.1) is 5.56 Å². The minimum atomic E-state index is -0.964. The van der Waals surface area contributed by atoms with Crippen molar-refractivity contribution in [1.29, 1.82) is 0 Å². The largest absolute Gasteiger partial charge is 0.478 e. The Bertz CT molecular complexity index is 1210. The molecule has 0 heterocycles. The molecule has 0 atom stereocenters. The molecule has 3 aromatic carbocycles. The molecule has 3 aromatic rings. The van der Waals surface area contributed by atoms with Crippen molar-refractivity contribution in [2.45, 2.75) is 70.3 Å². The van der Waals surface area contributed by atoms with Gasteiger partial charge in [-0.3, -0.25) is 9.59 Å². The molecule has 0 aromatic heterocycles. The molecule has 3 rings (SSSR count). The summed E-state index contributed by atoms with van der Waals surface area (Å²) in [6, 6.07) is 27.9. The maximum Gasteiger partial charge on any atom is 0.335 e. The van der Waals surface area contributed by atoms with E-state index in [-0.39, 0.29) is 17.4 Å². The summed E-state index contributed by atoms with van der Waals surface area (Å²) >= 11 is 0. The highest BCUT2D eigenvalue weighted by Gasteiger charge is 2.13. The highest BCUT2D eigenvalue weighted by Crippen LogP contribution is 2.23. The zero-order valence-corrected chi connectivity index (χ0v) is 26.4. The molecule has 0 saturated carbocycles. The molecule has 0 saturated heterocycles. The van der Waals surface area contributed by atoms with E-state index in [1.54, 1.807) is 12.1 Å². The van der Waals surface area contributed by atoms with Gasteiger partial charge in [-0.15, -0.1) is 0 Å². The fourth-order valence-corrected chi connectivity index (χ4v) is 5.18. The van der Waals surface area contributed by atoms with Gasteiger partial charge in [-0.2, -0.15) is 0 Å². The van der Waals surface area contributed by atoms with Crippen molar-refractivity contribution in [3.8, 4) is 0 Å². The first-order valence-electron chi connectivity index (χ1n) is 16.4. The van der Waals surface area contributed by atoms with Crippen LogP contribution in [0, 0.1) is 0 Å². The van der Waals surface area contributed by atoms with Gasteiger partial charge in [0.15, 0.2) is 0 Å². The molecule has 0 unspecified atom stereocenters. The molecular weight excluding hydrogens is 564 g/mol. The summed E-state index contributed by atoms with van der Waals surface area (Å²) < 4.78 is 0. The zero-order valence-electron chi connectivity index (χ0n) is 26.4.